The summed E-state index contributed by atoms with van der Waals surface area (Å²) in [5, 5.41) is 3.00. The Balaban J connectivity index is 2.68. The second-order valence-corrected chi connectivity index (χ2v) is 3.77. The van der Waals surface area contributed by atoms with E-state index in [2.05, 4.69) is 15.3 Å². The maximum Gasteiger partial charge on any atom is 0.244 e. The fourth-order valence-electron chi connectivity index (χ4n) is 1.32. The van der Waals surface area contributed by atoms with Crippen molar-refractivity contribution in [3.8, 4) is 5.88 Å². The fraction of sp³-hybridized carbons (Fsp3) is 0.545. The molecule has 1 aromatic heterocycles. The molecule has 1 atom stereocenters. The van der Waals surface area contributed by atoms with Gasteiger partial charge in [-0.05, 0) is 13.8 Å². The van der Waals surface area contributed by atoms with E-state index in [1.54, 1.807) is 27.1 Å². The SMILES string of the molecule is CCOc1cc(N[C@@H](C)C(=O)N(C)C)ncn1. The van der Waals surface area contributed by atoms with Crippen LogP contribution < -0.4 is 10.1 Å². The van der Waals surface area contributed by atoms with Crippen molar-refractivity contribution in [1.82, 2.24) is 14.9 Å². The van der Waals surface area contributed by atoms with Crippen molar-refractivity contribution in [2.75, 3.05) is 26.0 Å². The number of carbonyl (C=O) groups is 1. The standard InChI is InChI=1S/C11H18N4O2/c1-5-17-10-6-9(12-7-13-10)14-8(2)11(16)15(3)4/h6-8H,5H2,1-4H3,(H,12,13,14)/t8-/m0/s1. The zero-order valence-electron chi connectivity index (χ0n) is 10.6. The first-order chi connectivity index (χ1) is 8.04. The number of carbonyl (C=O) groups excluding carboxylic acids is 1. The van der Waals surface area contributed by atoms with Gasteiger partial charge in [0.15, 0.2) is 0 Å². The highest BCUT2D eigenvalue weighted by atomic mass is 16.5. The first-order valence-corrected chi connectivity index (χ1v) is 5.47. The molecule has 1 amide bonds. The molecule has 0 aliphatic rings. The number of likely N-dealkylation sites (N-methyl/N-ethyl adjacent to an activating group) is 1. The van der Waals surface area contributed by atoms with Crippen LogP contribution in [0.25, 0.3) is 0 Å². The first-order valence-electron chi connectivity index (χ1n) is 5.47. The number of aromatic nitrogens is 2. The van der Waals surface area contributed by atoms with Gasteiger partial charge in [0, 0.05) is 20.2 Å². The lowest BCUT2D eigenvalue weighted by Gasteiger charge is -2.18. The number of amides is 1. The van der Waals surface area contributed by atoms with Gasteiger partial charge in [-0.2, -0.15) is 0 Å². The van der Waals surface area contributed by atoms with Gasteiger partial charge in [0.2, 0.25) is 11.8 Å². The molecule has 0 saturated carbocycles. The minimum Gasteiger partial charge on any atom is -0.478 e. The van der Waals surface area contributed by atoms with Crippen molar-refractivity contribution >= 4 is 11.7 Å². The van der Waals surface area contributed by atoms with Gasteiger partial charge >= 0.3 is 0 Å². The van der Waals surface area contributed by atoms with Crippen LogP contribution in [0.15, 0.2) is 12.4 Å². The number of nitrogens with zero attached hydrogens (tertiary/aromatic N) is 3. The number of ether oxygens (including phenoxy) is 1. The maximum absolute atomic E-state index is 11.6. The third kappa shape index (κ3) is 3.90. The zero-order valence-corrected chi connectivity index (χ0v) is 10.6. The van der Waals surface area contributed by atoms with E-state index >= 15 is 0 Å². The normalized spacial score (nSPS) is 11.8. The minimum atomic E-state index is -0.339. The predicted octanol–water partition coefficient (Wildman–Crippen LogP) is 0.764. The van der Waals surface area contributed by atoms with Crippen LogP contribution in [0, 0.1) is 0 Å². The van der Waals surface area contributed by atoms with Gasteiger partial charge in [-0.1, -0.05) is 0 Å². The van der Waals surface area contributed by atoms with Crippen molar-refractivity contribution in [2.45, 2.75) is 19.9 Å². The minimum absolute atomic E-state index is 0.0124. The predicted molar refractivity (Wildman–Crippen MR) is 65.0 cm³/mol. The molecule has 94 valence electrons. The van der Waals surface area contributed by atoms with Gasteiger partial charge in [-0.25, -0.2) is 9.97 Å². The van der Waals surface area contributed by atoms with E-state index in [9.17, 15) is 4.79 Å². The molecule has 0 radical (unpaired) electrons. The summed E-state index contributed by atoms with van der Waals surface area (Å²) in [7, 11) is 3.43. The second kappa shape index (κ2) is 6.03. The largest absolute Gasteiger partial charge is 0.478 e. The number of rotatable bonds is 5. The van der Waals surface area contributed by atoms with Gasteiger partial charge in [0.05, 0.1) is 6.61 Å². The average molecular weight is 238 g/mol. The van der Waals surface area contributed by atoms with Crippen molar-refractivity contribution in [1.29, 1.82) is 0 Å². The molecular weight excluding hydrogens is 220 g/mol. The molecule has 1 rings (SSSR count). The highest BCUT2D eigenvalue weighted by molar-refractivity contribution is 5.83. The summed E-state index contributed by atoms with van der Waals surface area (Å²) >= 11 is 0. The lowest BCUT2D eigenvalue weighted by Crippen LogP contribution is -2.36. The molecule has 0 aliphatic carbocycles. The van der Waals surface area contributed by atoms with Crippen molar-refractivity contribution in [3.05, 3.63) is 12.4 Å². The second-order valence-electron chi connectivity index (χ2n) is 3.77. The third-order valence-corrected chi connectivity index (χ3v) is 2.11. The van der Waals surface area contributed by atoms with Crippen LogP contribution in [-0.2, 0) is 4.79 Å². The van der Waals surface area contributed by atoms with Gasteiger partial charge in [0.1, 0.15) is 18.2 Å². The number of nitrogens with one attached hydrogen (secondary N) is 1. The van der Waals surface area contributed by atoms with Crippen LogP contribution in [0.2, 0.25) is 0 Å². The molecule has 0 spiro atoms. The lowest BCUT2D eigenvalue weighted by molar-refractivity contribution is -0.129. The van der Waals surface area contributed by atoms with Crippen LogP contribution in [0.1, 0.15) is 13.8 Å². The summed E-state index contributed by atoms with van der Waals surface area (Å²) in [6, 6.07) is 1.33. The molecule has 6 nitrogen and oxygen atoms in total. The molecule has 6 heteroatoms. The molecule has 17 heavy (non-hydrogen) atoms. The molecule has 0 fully saturated rings. The van der Waals surface area contributed by atoms with Gasteiger partial charge in [0.25, 0.3) is 0 Å². The summed E-state index contributed by atoms with van der Waals surface area (Å²) in [4.78, 5) is 21.2. The Labute approximate surface area is 101 Å². The molecule has 1 N–H and O–H groups in total. The quantitative estimate of drug-likeness (QED) is 0.820. The van der Waals surface area contributed by atoms with Gasteiger partial charge < -0.3 is 15.0 Å². The summed E-state index contributed by atoms with van der Waals surface area (Å²) in [5.74, 6) is 1.06. The Kier molecular flexibility index (Phi) is 4.68. The number of hydrogen-bond donors (Lipinski definition) is 1. The van der Waals surface area contributed by atoms with E-state index < -0.39 is 0 Å². The topological polar surface area (TPSA) is 67.3 Å². The zero-order chi connectivity index (χ0) is 12.8. The van der Waals surface area contributed by atoms with E-state index in [1.165, 1.54) is 11.2 Å². The molecule has 0 saturated heterocycles. The van der Waals surface area contributed by atoms with E-state index in [0.717, 1.165) is 0 Å². The Morgan fingerprint density at radius 2 is 2.24 bits per heavy atom. The van der Waals surface area contributed by atoms with E-state index in [-0.39, 0.29) is 11.9 Å². The number of anilines is 1. The maximum atomic E-state index is 11.6. The Morgan fingerprint density at radius 3 is 2.82 bits per heavy atom. The Hall–Kier alpha value is -1.85. The van der Waals surface area contributed by atoms with Crippen molar-refractivity contribution in [3.63, 3.8) is 0 Å². The van der Waals surface area contributed by atoms with Crippen LogP contribution in [0.3, 0.4) is 0 Å². The van der Waals surface area contributed by atoms with E-state index in [1.807, 2.05) is 6.92 Å². The summed E-state index contributed by atoms with van der Waals surface area (Å²) in [5.41, 5.74) is 0. The molecule has 0 unspecified atom stereocenters. The van der Waals surface area contributed by atoms with Crippen LogP contribution in [0.4, 0.5) is 5.82 Å². The number of hydrogen-bond acceptors (Lipinski definition) is 5. The van der Waals surface area contributed by atoms with Crippen molar-refractivity contribution in [2.24, 2.45) is 0 Å². The lowest BCUT2D eigenvalue weighted by atomic mass is 10.3. The average Bonchev–Trinajstić information content (AvgIpc) is 2.28. The van der Waals surface area contributed by atoms with Crippen molar-refractivity contribution < 1.29 is 9.53 Å². The molecule has 0 aliphatic heterocycles. The van der Waals surface area contributed by atoms with Gasteiger partial charge in [-0.15, -0.1) is 0 Å². The molecule has 0 bridgehead atoms. The first kappa shape index (κ1) is 13.2. The molecule has 1 heterocycles. The van der Waals surface area contributed by atoms with Crippen LogP contribution in [-0.4, -0.2) is 47.5 Å². The fourth-order valence-corrected chi connectivity index (χ4v) is 1.32. The molecular formula is C11H18N4O2. The highest BCUT2D eigenvalue weighted by Gasteiger charge is 2.15. The summed E-state index contributed by atoms with van der Waals surface area (Å²) in [6.45, 7) is 4.21. The van der Waals surface area contributed by atoms with E-state index in [4.69, 9.17) is 4.74 Å². The summed E-state index contributed by atoms with van der Waals surface area (Å²) < 4.78 is 5.25. The third-order valence-electron chi connectivity index (χ3n) is 2.11. The van der Waals surface area contributed by atoms with Crippen LogP contribution in [0.5, 0.6) is 5.88 Å². The Bertz CT molecular complexity index is 381. The van der Waals surface area contributed by atoms with Gasteiger partial charge in [-0.3, -0.25) is 4.79 Å². The van der Waals surface area contributed by atoms with Crippen LogP contribution >= 0.6 is 0 Å². The monoisotopic (exact) mass is 238 g/mol. The summed E-state index contributed by atoms with van der Waals surface area (Å²) in [6.07, 6.45) is 1.40. The highest BCUT2D eigenvalue weighted by Crippen LogP contribution is 2.12. The smallest absolute Gasteiger partial charge is 0.244 e. The Morgan fingerprint density at radius 1 is 1.53 bits per heavy atom. The molecule has 1 aromatic rings. The van der Waals surface area contributed by atoms with E-state index in [0.29, 0.717) is 18.3 Å². The molecule has 0 aromatic carbocycles.